The first-order valence-electron chi connectivity index (χ1n) is 6.97. The largest absolute Gasteiger partial charge is 0.359 e. The Hall–Kier alpha value is -0.650. The van der Waals surface area contributed by atoms with Crippen molar-refractivity contribution in [2.75, 3.05) is 40.3 Å². The summed E-state index contributed by atoms with van der Waals surface area (Å²) in [5, 5.41) is 2.67. The molecule has 0 aromatic carbocycles. The maximum Gasteiger partial charge on any atom is 0.221 e. The zero-order chi connectivity index (χ0) is 13.5. The summed E-state index contributed by atoms with van der Waals surface area (Å²) in [6.07, 6.45) is 3.03. The standard InChI is InChI=1S/C13H28N4O/c1-4-17-7-5-6-11(17)10-16(3)12(9-14)8-13(18)15-2/h11-12H,4-10,14H2,1-3H3,(H,15,18). The third kappa shape index (κ3) is 4.23. The highest BCUT2D eigenvalue weighted by Gasteiger charge is 2.26. The van der Waals surface area contributed by atoms with Crippen molar-refractivity contribution in [3.63, 3.8) is 0 Å². The second-order valence-corrected chi connectivity index (χ2v) is 5.13. The van der Waals surface area contributed by atoms with Crippen LogP contribution in [-0.2, 0) is 4.79 Å². The van der Waals surface area contributed by atoms with Crippen molar-refractivity contribution in [2.45, 2.75) is 38.3 Å². The molecule has 1 saturated heterocycles. The average molecular weight is 256 g/mol. The van der Waals surface area contributed by atoms with Crippen LogP contribution in [0.25, 0.3) is 0 Å². The number of carbonyl (C=O) groups is 1. The molecule has 0 saturated carbocycles. The van der Waals surface area contributed by atoms with E-state index in [0.29, 0.717) is 19.0 Å². The van der Waals surface area contributed by atoms with Gasteiger partial charge in [-0.1, -0.05) is 6.92 Å². The number of carbonyl (C=O) groups excluding carboxylic acids is 1. The normalized spacial score (nSPS) is 22.4. The Morgan fingerprint density at radius 1 is 1.61 bits per heavy atom. The first kappa shape index (κ1) is 15.4. The Labute approximate surface area is 111 Å². The van der Waals surface area contributed by atoms with Crippen LogP contribution in [0.2, 0.25) is 0 Å². The Kier molecular flexibility index (Phi) is 6.60. The summed E-state index contributed by atoms with van der Waals surface area (Å²) in [6.45, 7) is 6.07. The number of nitrogens with zero attached hydrogens (tertiary/aromatic N) is 2. The molecule has 106 valence electrons. The Morgan fingerprint density at radius 3 is 2.89 bits per heavy atom. The highest BCUT2D eigenvalue weighted by molar-refractivity contribution is 5.76. The van der Waals surface area contributed by atoms with Crippen molar-refractivity contribution in [3.05, 3.63) is 0 Å². The number of likely N-dealkylation sites (tertiary alicyclic amines) is 1. The SMILES string of the molecule is CCN1CCCC1CN(C)C(CN)CC(=O)NC. The maximum absolute atomic E-state index is 11.4. The summed E-state index contributed by atoms with van der Waals surface area (Å²) in [5.74, 6) is 0.0658. The van der Waals surface area contributed by atoms with Gasteiger partial charge in [0.15, 0.2) is 0 Å². The number of nitrogens with one attached hydrogen (secondary N) is 1. The van der Waals surface area contributed by atoms with Crippen LogP contribution in [0.4, 0.5) is 0 Å². The second kappa shape index (κ2) is 7.71. The molecule has 0 aromatic rings. The lowest BCUT2D eigenvalue weighted by Gasteiger charge is -2.32. The molecule has 5 nitrogen and oxygen atoms in total. The molecule has 2 atom stereocenters. The molecule has 1 aliphatic rings. The zero-order valence-corrected chi connectivity index (χ0v) is 12.0. The van der Waals surface area contributed by atoms with Crippen LogP contribution in [0.3, 0.4) is 0 Å². The topological polar surface area (TPSA) is 61.6 Å². The van der Waals surface area contributed by atoms with Gasteiger partial charge < -0.3 is 16.0 Å². The second-order valence-electron chi connectivity index (χ2n) is 5.13. The molecule has 0 bridgehead atoms. The fourth-order valence-electron chi connectivity index (χ4n) is 2.73. The van der Waals surface area contributed by atoms with Gasteiger partial charge in [-0.2, -0.15) is 0 Å². The fourth-order valence-corrected chi connectivity index (χ4v) is 2.73. The lowest BCUT2D eigenvalue weighted by molar-refractivity contribution is -0.121. The van der Waals surface area contributed by atoms with E-state index in [4.69, 9.17) is 5.73 Å². The number of likely N-dealkylation sites (N-methyl/N-ethyl adjacent to an activating group) is 2. The first-order chi connectivity index (χ1) is 8.62. The van der Waals surface area contributed by atoms with Crippen LogP contribution in [0.5, 0.6) is 0 Å². The molecule has 2 unspecified atom stereocenters. The molecule has 1 rings (SSSR count). The smallest absolute Gasteiger partial charge is 0.221 e. The molecular weight excluding hydrogens is 228 g/mol. The van der Waals surface area contributed by atoms with Gasteiger partial charge in [0, 0.05) is 38.6 Å². The van der Waals surface area contributed by atoms with E-state index in [1.807, 2.05) is 0 Å². The van der Waals surface area contributed by atoms with E-state index >= 15 is 0 Å². The third-order valence-electron chi connectivity index (χ3n) is 4.00. The van der Waals surface area contributed by atoms with Gasteiger partial charge in [0.05, 0.1) is 0 Å². The number of nitrogens with two attached hydrogens (primary N) is 1. The number of hydrogen-bond acceptors (Lipinski definition) is 4. The minimum atomic E-state index is 0.0658. The molecule has 18 heavy (non-hydrogen) atoms. The molecular formula is C13H28N4O. The van der Waals surface area contributed by atoms with E-state index in [0.717, 1.165) is 13.1 Å². The van der Waals surface area contributed by atoms with Crippen LogP contribution >= 0.6 is 0 Å². The van der Waals surface area contributed by atoms with Gasteiger partial charge >= 0.3 is 0 Å². The van der Waals surface area contributed by atoms with E-state index in [9.17, 15) is 4.79 Å². The van der Waals surface area contributed by atoms with E-state index in [-0.39, 0.29) is 11.9 Å². The van der Waals surface area contributed by atoms with Crippen LogP contribution < -0.4 is 11.1 Å². The molecule has 0 aliphatic carbocycles. The van der Waals surface area contributed by atoms with Crippen molar-refractivity contribution in [3.8, 4) is 0 Å². The molecule has 3 N–H and O–H groups in total. The van der Waals surface area contributed by atoms with Gasteiger partial charge in [0.2, 0.25) is 5.91 Å². The van der Waals surface area contributed by atoms with Crippen molar-refractivity contribution in [1.29, 1.82) is 0 Å². The molecule has 5 heteroatoms. The summed E-state index contributed by atoms with van der Waals surface area (Å²) in [4.78, 5) is 16.2. The minimum absolute atomic E-state index is 0.0658. The predicted molar refractivity (Wildman–Crippen MR) is 74.4 cm³/mol. The number of rotatable bonds is 7. The molecule has 1 aliphatic heterocycles. The summed E-state index contributed by atoms with van der Waals surface area (Å²) in [7, 11) is 3.75. The summed E-state index contributed by atoms with van der Waals surface area (Å²) >= 11 is 0. The van der Waals surface area contributed by atoms with Crippen molar-refractivity contribution < 1.29 is 4.79 Å². The van der Waals surface area contributed by atoms with Gasteiger partial charge in [-0.3, -0.25) is 9.69 Å². The minimum Gasteiger partial charge on any atom is -0.359 e. The Morgan fingerprint density at radius 2 is 2.33 bits per heavy atom. The van der Waals surface area contributed by atoms with Gasteiger partial charge in [-0.05, 0) is 33.0 Å². The molecule has 1 amide bonds. The average Bonchev–Trinajstić information content (AvgIpc) is 2.82. The Balaban J connectivity index is 2.46. The zero-order valence-electron chi connectivity index (χ0n) is 12.0. The van der Waals surface area contributed by atoms with E-state index in [1.54, 1.807) is 7.05 Å². The quantitative estimate of drug-likeness (QED) is 0.666. The maximum atomic E-state index is 11.4. The molecule has 0 spiro atoms. The van der Waals surface area contributed by atoms with E-state index < -0.39 is 0 Å². The third-order valence-corrected chi connectivity index (χ3v) is 4.00. The van der Waals surface area contributed by atoms with Crippen LogP contribution in [-0.4, -0.2) is 68.1 Å². The van der Waals surface area contributed by atoms with Gasteiger partial charge in [0.1, 0.15) is 0 Å². The Bertz CT molecular complexity index is 259. The van der Waals surface area contributed by atoms with Crippen molar-refractivity contribution >= 4 is 5.91 Å². The summed E-state index contributed by atoms with van der Waals surface area (Å²) in [6, 6.07) is 0.767. The highest BCUT2D eigenvalue weighted by atomic mass is 16.1. The first-order valence-corrected chi connectivity index (χ1v) is 6.97. The van der Waals surface area contributed by atoms with Crippen LogP contribution in [0, 0.1) is 0 Å². The lowest BCUT2D eigenvalue weighted by atomic mass is 10.1. The summed E-state index contributed by atoms with van der Waals surface area (Å²) in [5.41, 5.74) is 5.78. The lowest BCUT2D eigenvalue weighted by Crippen LogP contribution is -2.47. The number of hydrogen-bond donors (Lipinski definition) is 2. The van der Waals surface area contributed by atoms with Gasteiger partial charge in [0.25, 0.3) is 0 Å². The number of amides is 1. The van der Waals surface area contributed by atoms with Crippen molar-refractivity contribution in [1.82, 2.24) is 15.1 Å². The fraction of sp³-hybridized carbons (Fsp3) is 0.923. The molecule has 0 aromatic heterocycles. The summed E-state index contributed by atoms with van der Waals surface area (Å²) < 4.78 is 0. The highest BCUT2D eigenvalue weighted by Crippen LogP contribution is 2.18. The van der Waals surface area contributed by atoms with Crippen LogP contribution in [0.15, 0.2) is 0 Å². The van der Waals surface area contributed by atoms with Gasteiger partial charge in [-0.25, -0.2) is 0 Å². The van der Waals surface area contributed by atoms with E-state index in [2.05, 4.69) is 29.1 Å². The van der Waals surface area contributed by atoms with Crippen LogP contribution in [0.1, 0.15) is 26.2 Å². The van der Waals surface area contributed by atoms with Gasteiger partial charge in [-0.15, -0.1) is 0 Å². The monoisotopic (exact) mass is 256 g/mol. The predicted octanol–water partition coefficient (Wildman–Crippen LogP) is -0.134. The van der Waals surface area contributed by atoms with Crippen molar-refractivity contribution in [2.24, 2.45) is 5.73 Å². The molecule has 1 heterocycles. The molecule has 0 radical (unpaired) electrons. The molecule has 1 fully saturated rings. The van der Waals surface area contributed by atoms with E-state index in [1.165, 1.54) is 19.4 Å².